The van der Waals surface area contributed by atoms with Gasteiger partial charge in [0, 0.05) is 41.4 Å². The van der Waals surface area contributed by atoms with Gasteiger partial charge in [-0.2, -0.15) is 23.5 Å². The zero-order chi connectivity index (χ0) is 23.5. The zero-order valence-corrected chi connectivity index (χ0v) is 21.2. The van der Waals surface area contributed by atoms with Crippen LogP contribution in [-0.4, -0.2) is 30.8 Å². The number of nitrogens with zero attached hydrogens (tertiary/aromatic N) is 3. The third-order valence-corrected chi connectivity index (χ3v) is 8.15. The van der Waals surface area contributed by atoms with Crippen LogP contribution in [0.1, 0.15) is 11.1 Å². The molecule has 0 aliphatic carbocycles. The van der Waals surface area contributed by atoms with E-state index in [0.717, 1.165) is 23.8 Å². The third-order valence-electron chi connectivity index (χ3n) is 4.00. The Balaban J connectivity index is 0.000000837. The van der Waals surface area contributed by atoms with Crippen molar-refractivity contribution in [3.8, 4) is 0 Å². The molecule has 12 heteroatoms. The molecule has 0 aliphatic heterocycles. The lowest BCUT2D eigenvalue weighted by atomic mass is 10.2. The molecule has 0 fully saturated rings. The maximum absolute atomic E-state index is 8.36. The summed E-state index contributed by atoms with van der Waals surface area (Å²) in [5.41, 5.74) is 2.35. The number of hydrogen-bond acceptors (Lipinski definition) is 5. The molecule has 0 aliphatic rings. The molecular formula is C20H19Cl4N3O3S2. The second-order valence-corrected chi connectivity index (χ2v) is 10.4. The molecule has 1 atom stereocenters. The van der Waals surface area contributed by atoms with Crippen molar-refractivity contribution in [3.05, 3.63) is 96.5 Å². The Hall–Kier alpha value is -1.29. The minimum atomic E-state index is -1.50. The minimum Gasteiger partial charge on any atom is -0.336 e. The predicted octanol–water partition coefficient (Wildman–Crippen LogP) is 7.38. The van der Waals surface area contributed by atoms with E-state index >= 15 is 0 Å². The van der Waals surface area contributed by atoms with E-state index < -0.39 is 5.09 Å². The molecule has 1 aromatic heterocycles. The first-order valence-electron chi connectivity index (χ1n) is 9.10. The Bertz CT molecular complexity index is 1010. The van der Waals surface area contributed by atoms with E-state index in [0.29, 0.717) is 25.3 Å². The first kappa shape index (κ1) is 27.0. The van der Waals surface area contributed by atoms with Crippen molar-refractivity contribution in [3.63, 3.8) is 0 Å². The van der Waals surface area contributed by atoms with E-state index in [1.165, 1.54) is 11.1 Å². The lowest BCUT2D eigenvalue weighted by Gasteiger charge is -2.17. The van der Waals surface area contributed by atoms with Gasteiger partial charge in [0.2, 0.25) is 0 Å². The highest BCUT2D eigenvalue weighted by Crippen LogP contribution is 2.29. The monoisotopic (exact) mass is 553 g/mol. The number of aromatic nitrogens is 2. The summed E-state index contributed by atoms with van der Waals surface area (Å²) in [5, 5.41) is 16.4. The number of thioether (sulfide) groups is 2. The van der Waals surface area contributed by atoms with Gasteiger partial charge in [0.15, 0.2) is 0 Å². The Labute approximate surface area is 214 Å². The minimum absolute atomic E-state index is 0.427. The molecule has 0 amide bonds. The third kappa shape index (κ3) is 10.1. The van der Waals surface area contributed by atoms with Crippen molar-refractivity contribution in [2.45, 2.75) is 23.3 Å². The molecule has 3 aromatic rings. The summed E-state index contributed by atoms with van der Waals surface area (Å²) in [6, 6.07) is 11.6. The highest BCUT2D eigenvalue weighted by Gasteiger charge is 2.12. The molecule has 1 heterocycles. The van der Waals surface area contributed by atoms with Gasteiger partial charge >= 0.3 is 0 Å². The van der Waals surface area contributed by atoms with Crippen LogP contribution in [0, 0.1) is 10.1 Å². The van der Waals surface area contributed by atoms with Gasteiger partial charge in [-0.05, 0) is 35.4 Å². The molecule has 0 saturated carbocycles. The standard InChI is InChI=1S/C20H18Cl4N2S2.HNO3/c21-17-3-1-14(7-19(17)23)10-27-12-16(9-26-6-5-25-13-26)28-11-15-2-4-18(22)20(24)8-15;2-1(3)4/h1-8,13,16H,9-12H2;(H,2,3,4). The topological polar surface area (TPSA) is 81.2 Å². The lowest BCUT2D eigenvalue weighted by Crippen LogP contribution is -2.15. The molecule has 0 radical (unpaired) electrons. The molecule has 172 valence electrons. The SMILES string of the molecule is Clc1ccc(CSCC(Cn2ccnc2)SCc2ccc(Cl)c(Cl)c2)cc1Cl.O=[N+]([O-])O. The van der Waals surface area contributed by atoms with Gasteiger partial charge in [0.05, 0.1) is 26.4 Å². The average Bonchev–Trinajstić information content (AvgIpc) is 3.24. The average molecular weight is 555 g/mol. The first-order chi connectivity index (χ1) is 15.2. The Morgan fingerprint density at radius 3 is 2.06 bits per heavy atom. The maximum Gasteiger partial charge on any atom is 0.291 e. The van der Waals surface area contributed by atoms with Crippen molar-refractivity contribution in [1.82, 2.24) is 9.55 Å². The van der Waals surface area contributed by atoms with Gasteiger partial charge in [-0.25, -0.2) is 4.98 Å². The summed E-state index contributed by atoms with van der Waals surface area (Å²) in [6.07, 6.45) is 5.66. The maximum atomic E-state index is 8.36. The number of rotatable bonds is 9. The number of hydrogen-bond donors (Lipinski definition) is 1. The summed E-state index contributed by atoms with van der Waals surface area (Å²) in [7, 11) is 0. The molecule has 3 rings (SSSR count). The second kappa shape index (κ2) is 14.1. The van der Waals surface area contributed by atoms with Gasteiger partial charge in [0.1, 0.15) is 0 Å². The fraction of sp³-hybridized carbons (Fsp3) is 0.250. The van der Waals surface area contributed by atoms with Crippen LogP contribution >= 0.6 is 69.9 Å². The molecule has 2 aromatic carbocycles. The van der Waals surface area contributed by atoms with E-state index in [1.807, 2.05) is 78.6 Å². The Morgan fingerprint density at radius 1 is 1.00 bits per heavy atom. The predicted molar refractivity (Wildman–Crippen MR) is 135 cm³/mol. The van der Waals surface area contributed by atoms with E-state index in [-0.39, 0.29) is 0 Å². The number of halogens is 4. The zero-order valence-electron chi connectivity index (χ0n) is 16.5. The number of imidazole rings is 1. The van der Waals surface area contributed by atoms with E-state index in [9.17, 15) is 0 Å². The quantitative estimate of drug-likeness (QED) is 0.219. The molecule has 0 bridgehead atoms. The highest BCUT2D eigenvalue weighted by atomic mass is 35.5. The fourth-order valence-corrected chi connectivity index (χ4v) is 5.67. The molecule has 1 N–H and O–H groups in total. The van der Waals surface area contributed by atoms with Crippen LogP contribution < -0.4 is 0 Å². The van der Waals surface area contributed by atoms with Crippen LogP contribution in [0.4, 0.5) is 0 Å². The summed E-state index contributed by atoms with van der Waals surface area (Å²) in [4.78, 5) is 12.5. The van der Waals surface area contributed by atoms with Crippen molar-refractivity contribution in [1.29, 1.82) is 0 Å². The van der Waals surface area contributed by atoms with Crippen molar-refractivity contribution in [2.24, 2.45) is 0 Å². The summed E-state index contributed by atoms with van der Waals surface area (Å²) < 4.78 is 2.12. The van der Waals surface area contributed by atoms with Crippen molar-refractivity contribution in [2.75, 3.05) is 5.75 Å². The fourth-order valence-electron chi connectivity index (χ4n) is 2.56. The second-order valence-electron chi connectivity index (χ2n) is 6.44. The molecule has 0 saturated heterocycles. The van der Waals surface area contributed by atoms with Gasteiger partial charge in [-0.3, -0.25) is 0 Å². The van der Waals surface area contributed by atoms with Gasteiger partial charge < -0.3 is 9.77 Å². The van der Waals surface area contributed by atoms with E-state index in [4.69, 9.17) is 61.7 Å². The normalized spacial score (nSPS) is 11.5. The van der Waals surface area contributed by atoms with Crippen molar-refractivity contribution < 1.29 is 10.3 Å². The molecule has 0 spiro atoms. The van der Waals surface area contributed by atoms with Crippen LogP contribution in [0.3, 0.4) is 0 Å². The largest absolute Gasteiger partial charge is 0.336 e. The number of benzene rings is 2. The molecule has 6 nitrogen and oxygen atoms in total. The summed E-state index contributed by atoms with van der Waals surface area (Å²) >= 11 is 28.1. The first-order valence-corrected chi connectivity index (χ1v) is 12.8. The molecule has 1 unspecified atom stereocenters. The van der Waals surface area contributed by atoms with Crippen LogP contribution in [0.5, 0.6) is 0 Å². The summed E-state index contributed by atoms with van der Waals surface area (Å²) in [5.74, 6) is 2.78. The van der Waals surface area contributed by atoms with Gasteiger partial charge in [-0.1, -0.05) is 58.5 Å². The van der Waals surface area contributed by atoms with Crippen LogP contribution in [0.2, 0.25) is 20.1 Å². The van der Waals surface area contributed by atoms with E-state index in [2.05, 4.69) is 9.55 Å². The molecule has 32 heavy (non-hydrogen) atoms. The lowest BCUT2D eigenvalue weighted by molar-refractivity contribution is -0.742. The Morgan fingerprint density at radius 2 is 1.56 bits per heavy atom. The van der Waals surface area contributed by atoms with Gasteiger partial charge in [0.25, 0.3) is 5.09 Å². The smallest absolute Gasteiger partial charge is 0.291 e. The summed E-state index contributed by atoms with van der Waals surface area (Å²) in [6.45, 7) is 0.903. The van der Waals surface area contributed by atoms with Crippen LogP contribution in [0.15, 0.2) is 55.1 Å². The van der Waals surface area contributed by atoms with E-state index in [1.54, 1.807) is 0 Å². The van der Waals surface area contributed by atoms with Crippen LogP contribution in [0.25, 0.3) is 0 Å². The van der Waals surface area contributed by atoms with Crippen LogP contribution in [-0.2, 0) is 18.1 Å². The molecular weight excluding hydrogens is 536 g/mol. The van der Waals surface area contributed by atoms with Gasteiger partial charge in [-0.15, -0.1) is 10.1 Å². The van der Waals surface area contributed by atoms with Crippen molar-refractivity contribution >= 4 is 69.9 Å². The Kier molecular flexibility index (Phi) is 11.9. The highest BCUT2D eigenvalue weighted by molar-refractivity contribution is 8.02.